The smallest absolute Gasteiger partial charge is 0.214 e. The molecule has 1 fully saturated rings. The summed E-state index contributed by atoms with van der Waals surface area (Å²) in [4.78, 5) is 6.72. The zero-order valence-corrected chi connectivity index (χ0v) is 9.94. The van der Waals surface area contributed by atoms with E-state index in [-0.39, 0.29) is 0 Å². The molecule has 4 heteroatoms. The Kier molecular flexibility index (Phi) is 3.62. The SMILES string of the molecule is COc1cccc(NCC2CCCN2C)n1. The minimum atomic E-state index is 0.632. The number of likely N-dealkylation sites (N-methyl/N-ethyl adjacent to an activating group) is 1. The van der Waals surface area contributed by atoms with Gasteiger partial charge < -0.3 is 15.0 Å². The summed E-state index contributed by atoms with van der Waals surface area (Å²) in [7, 11) is 3.81. The summed E-state index contributed by atoms with van der Waals surface area (Å²) < 4.78 is 5.09. The fraction of sp³-hybridized carbons (Fsp3) is 0.583. The van der Waals surface area contributed by atoms with E-state index in [1.807, 2.05) is 18.2 Å². The fourth-order valence-electron chi connectivity index (χ4n) is 2.09. The molecule has 1 unspecified atom stereocenters. The summed E-state index contributed by atoms with van der Waals surface area (Å²) in [5.41, 5.74) is 0. The van der Waals surface area contributed by atoms with Crippen molar-refractivity contribution >= 4 is 5.82 Å². The maximum Gasteiger partial charge on any atom is 0.214 e. The second-order valence-electron chi connectivity index (χ2n) is 4.22. The predicted octanol–water partition coefficient (Wildman–Crippen LogP) is 1.60. The van der Waals surface area contributed by atoms with E-state index in [1.54, 1.807) is 7.11 Å². The van der Waals surface area contributed by atoms with E-state index in [0.717, 1.165) is 12.4 Å². The van der Waals surface area contributed by atoms with Crippen LogP contribution in [0.15, 0.2) is 18.2 Å². The number of hydrogen-bond acceptors (Lipinski definition) is 4. The summed E-state index contributed by atoms with van der Waals surface area (Å²) in [5, 5.41) is 3.36. The van der Waals surface area contributed by atoms with Gasteiger partial charge in [-0.1, -0.05) is 6.07 Å². The first kappa shape index (κ1) is 11.2. The number of likely N-dealkylation sites (tertiary alicyclic amines) is 1. The van der Waals surface area contributed by atoms with Crippen LogP contribution in [-0.4, -0.2) is 43.2 Å². The second kappa shape index (κ2) is 5.16. The molecule has 0 aromatic carbocycles. The number of nitrogens with zero attached hydrogens (tertiary/aromatic N) is 2. The molecular weight excluding hydrogens is 202 g/mol. The molecule has 1 saturated heterocycles. The molecule has 1 atom stereocenters. The molecule has 4 nitrogen and oxygen atoms in total. The van der Waals surface area contributed by atoms with E-state index in [1.165, 1.54) is 19.4 Å². The Morgan fingerprint density at radius 1 is 1.56 bits per heavy atom. The van der Waals surface area contributed by atoms with Crippen molar-refractivity contribution in [2.45, 2.75) is 18.9 Å². The van der Waals surface area contributed by atoms with Crippen LogP contribution < -0.4 is 10.1 Å². The van der Waals surface area contributed by atoms with Gasteiger partial charge in [0.15, 0.2) is 0 Å². The molecule has 1 aromatic heterocycles. The molecule has 0 bridgehead atoms. The Morgan fingerprint density at radius 2 is 2.44 bits per heavy atom. The number of hydrogen-bond donors (Lipinski definition) is 1. The molecule has 1 aliphatic rings. The Bertz CT molecular complexity index is 343. The molecule has 0 radical (unpaired) electrons. The van der Waals surface area contributed by atoms with Gasteiger partial charge in [-0.2, -0.15) is 4.98 Å². The molecule has 0 saturated carbocycles. The van der Waals surface area contributed by atoms with Gasteiger partial charge in [-0.3, -0.25) is 0 Å². The van der Waals surface area contributed by atoms with Gasteiger partial charge in [-0.05, 0) is 32.5 Å². The Balaban J connectivity index is 1.88. The summed E-state index contributed by atoms with van der Waals surface area (Å²) in [6.45, 7) is 2.16. The van der Waals surface area contributed by atoms with Crippen LogP contribution in [0.25, 0.3) is 0 Å². The number of rotatable bonds is 4. The molecule has 0 aliphatic carbocycles. The van der Waals surface area contributed by atoms with Crippen LogP contribution in [0.3, 0.4) is 0 Å². The van der Waals surface area contributed by atoms with Gasteiger partial charge in [-0.15, -0.1) is 0 Å². The number of anilines is 1. The van der Waals surface area contributed by atoms with E-state index >= 15 is 0 Å². The van der Waals surface area contributed by atoms with Crippen LogP contribution in [0.5, 0.6) is 5.88 Å². The summed E-state index contributed by atoms with van der Waals surface area (Å²) in [5.74, 6) is 1.55. The van der Waals surface area contributed by atoms with Crippen LogP contribution in [-0.2, 0) is 0 Å². The third-order valence-corrected chi connectivity index (χ3v) is 3.12. The van der Waals surface area contributed by atoms with E-state index in [0.29, 0.717) is 11.9 Å². The lowest BCUT2D eigenvalue weighted by molar-refractivity contribution is 0.322. The zero-order chi connectivity index (χ0) is 11.4. The number of aromatic nitrogens is 1. The van der Waals surface area contributed by atoms with Crippen molar-refractivity contribution < 1.29 is 4.74 Å². The highest BCUT2D eigenvalue weighted by atomic mass is 16.5. The standard InChI is InChI=1S/C12H19N3O/c1-15-8-4-5-10(15)9-13-11-6-3-7-12(14-11)16-2/h3,6-7,10H,4-5,8-9H2,1-2H3,(H,13,14). The first-order valence-electron chi connectivity index (χ1n) is 5.75. The van der Waals surface area contributed by atoms with Gasteiger partial charge in [0.2, 0.25) is 5.88 Å². The molecule has 1 aliphatic heterocycles. The number of ether oxygens (including phenoxy) is 1. The van der Waals surface area contributed by atoms with E-state index in [9.17, 15) is 0 Å². The van der Waals surface area contributed by atoms with Crippen LogP contribution >= 0.6 is 0 Å². The van der Waals surface area contributed by atoms with Gasteiger partial charge in [0, 0.05) is 18.7 Å². The second-order valence-corrected chi connectivity index (χ2v) is 4.22. The van der Waals surface area contributed by atoms with Crippen molar-refractivity contribution in [1.82, 2.24) is 9.88 Å². The number of nitrogens with one attached hydrogen (secondary N) is 1. The Labute approximate surface area is 96.6 Å². The highest BCUT2D eigenvalue weighted by molar-refractivity contribution is 5.37. The largest absolute Gasteiger partial charge is 0.481 e. The number of methoxy groups -OCH3 is 1. The first-order valence-corrected chi connectivity index (χ1v) is 5.75. The van der Waals surface area contributed by atoms with Crippen molar-refractivity contribution in [3.05, 3.63) is 18.2 Å². The van der Waals surface area contributed by atoms with E-state index in [2.05, 4.69) is 22.2 Å². The van der Waals surface area contributed by atoms with Crippen LogP contribution in [0.1, 0.15) is 12.8 Å². The van der Waals surface area contributed by atoms with E-state index < -0.39 is 0 Å². The van der Waals surface area contributed by atoms with Gasteiger partial charge in [0.05, 0.1) is 7.11 Å². The van der Waals surface area contributed by atoms with E-state index in [4.69, 9.17) is 4.74 Å². The average molecular weight is 221 g/mol. The lowest BCUT2D eigenvalue weighted by atomic mass is 10.2. The Hall–Kier alpha value is -1.29. The third-order valence-electron chi connectivity index (χ3n) is 3.12. The van der Waals surface area contributed by atoms with Gasteiger partial charge in [0.1, 0.15) is 5.82 Å². The fourth-order valence-corrected chi connectivity index (χ4v) is 2.09. The van der Waals surface area contributed by atoms with Crippen LogP contribution in [0.4, 0.5) is 5.82 Å². The molecule has 1 N–H and O–H groups in total. The lowest BCUT2D eigenvalue weighted by Gasteiger charge is -2.19. The lowest BCUT2D eigenvalue weighted by Crippen LogP contribution is -2.31. The molecule has 2 heterocycles. The molecule has 16 heavy (non-hydrogen) atoms. The monoisotopic (exact) mass is 221 g/mol. The molecule has 1 aromatic rings. The van der Waals surface area contributed by atoms with Crippen molar-refractivity contribution in [1.29, 1.82) is 0 Å². The minimum absolute atomic E-state index is 0.632. The van der Waals surface area contributed by atoms with Crippen molar-refractivity contribution in [3.8, 4) is 5.88 Å². The molecule has 88 valence electrons. The zero-order valence-electron chi connectivity index (χ0n) is 9.94. The van der Waals surface area contributed by atoms with Crippen molar-refractivity contribution in [2.75, 3.05) is 32.6 Å². The highest BCUT2D eigenvalue weighted by Gasteiger charge is 2.20. The molecular formula is C12H19N3O. The topological polar surface area (TPSA) is 37.4 Å². The first-order chi connectivity index (χ1) is 7.79. The molecule has 2 rings (SSSR count). The number of pyridine rings is 1. The molecule has 0 amide bonds. The minimum Gasteiger partial charge on any atom is -0.481 e. The third kappa shape index (κ3) is 2.64. The summed E-state index contributed by atoms with van der Waals surface area (Å²) in [6, 6.07) is 6.41. The summed E-state index contributed by atoms with van der Waals surface area (Å²) in [6.07, 6.45) is 2.57. The maximum atomic E-state index is 5.09. The average Bonchev–Trinajstić information content (AvgIpc) is 2.72. The quantitative estimate of drug-likeness (QED) is 0.838. The van der Waals surface area contributed by atoms with Crippen LogP contribution in [0.2, 0.25) is 0 Å². The van der Waals surface area contributed by atoms with Crippen molar-refractivity contribution in [2.24, 2.45) is 0 Å². The Morgan fingerprint density at radius 3 is 3.12 bits per heavy atom. The van der Waals surface area contributed by atoms with Gasteiger partial charge in [0.25, 0.3) is 0 Å². The highest BCUT2D eigenvalue weighted by Crippen LogP contribution is 2.16. The van der Waals surface area contributed by atoms with Gasteiger partial charge >= 0.3 is 0 Å². The van der Waals surface area contributed by atoms with Gasteiger partial charge in [-0.25, -0.2) is 0 Å². The molecule has 0 spiro atoms. The predicted molar refractivity (Wildman–Crippen MR) is 64.9 cm³/mol. The summed E-state index contributed by atoms with van der Waals surface area (Å²) >= 11 is 0. The van der Waals surface area contributed by atoms with Crippen molar-refractivity contribution in [3.63, 3.8) is 0 Å². The maximum absolute atomic E-state index is 5.09. The normalized spacial score (nSPS) is 21.0. The van der Waals surface area contributed by atoms with Crippen LogP contribution in [0, 0.1) is 0 Å².